The molecule has 24 heavy (non-hydrogen) atoms. The molecule has 0 spiro atoms. The molecule has 1 atom stereocenters. The molecule has 2 aromatic carbocycles. The third-order valence-electron chi connectivity index (χ3n) is 3.76. The van der Waals surface area contributed by atoms with Crippen molar-refractivity contribution in [3.05, 3.63) is 60.2 Å². The highest BCUT2D eigenvalue weighted by Gasteiger charge is 2.10. The lowest BCUT2D eigenvalue weighted by molar-refractivity contribution is -0.126. The monoisotopic (exact) mass is 324 g/mol. The predicted molar refractivity (Wildman–Crippen MR) is 91.3 cm³/mol. The topological polar surface area (TPSA) is 69.0 Å². The molecule has 3 rings (SSSR count). The molecule has 0 saturated carbocycles. The number of hydrogen-bond donors (Lipinski definition) is 1. The van der Waals surface area contributed by atoms with E-state index >= 15 is 0 Å². The van der Waals surface area contributed by atoms with Crippen molar-refractivity contribution in [2.45, 2.75) is 25.8 Å². The highest BCUT2D eigenvalue weighted by Crippen LogP contribution is 2.08. The van der Waals surface area contributed by atoms with Gasteiger partial charge in [-0.05, 0) is 42.7 Å². The molecular weight excluding hydrogens is 304 g/mol. The van der Waals surface area contributed by atoms with Crippen molar-refractivity contribution in [2.75, 3.05) is 6.61 Å². The first-order valence-corrected chi connectivity index (χ1v) is 7.99. The summed E-state index contributed by atoms with van der Waals surface area (Å²) >= 11 is 0. The number of para-hydroxylation sites is 1. The van der Waals surface area contributed by atoms with E-state index in [-0.39, 0.29) is 18.6 Å². The molecule has 0 aliphatic rings. The number of nitrogens with zero attached hydrogens (tertiary/aromatic N) is 3. The van der Waals surface area contributed by atoms with Crippen molar-refractivity contribution in [3.8, 4) is 0 Å². The summed E-state index contributed by atoms with van der Waals surface area (Å²) in [4.78, 5) is 18.7. The van der Waals surface area contributed by atoms with Crippen molar-refractivity contribution in [1.29, 1.82) is 0 Å². The minimum Gasteiger partial charge on any atom is -0.385 e. The molecule has 0 unspecified atom stereocenters. The van der Waals surface area contributed by atoms with Gasteiger partial charge >= 0.3 is 0 Å². The second kappa shape index (κ2) is 7.59. The Bertz CT molecular complexity index is 801. The Kier molecular flexibility index (Phi) is 5.05. The van der Waals surface area contributed by atoms with Crippen LogP contribution in [0.15, 0.2) is 54.6 Å². The number of hydrogen-bond acceptors (Lipinski definition) is 4. The van der Waals surface area contributed by atoms with Crippen LogP contribution >= 0.6 is 0 Å². The average Bonchev–Trinajstić information content (AvgIpc) is 3.02. The molecule has 0 fully saturated rings. The molecule has 1 N–H and O–H groups in total. The minimum absolute atomic E-state index is 0.0776. The van der Waals surface area contributed by atoms with Crippen LogP contribution in [-0.2, 0) is 11.2 Å². The van der Waals surface area contributed by atoms with Crippen LogP contribution in [0.3, 0.4) is 0 Å². The van der Waals surface area contributed by atoms with Gasteiger partial charge in [-0.1, -0.05) is 47.3 Å². The third kappa shape index (κ3) is 4.10. The van der Waals surface area contributed by atoms with Crippen LogP contribution in [0.25, 0.3) is 11.0 Å². The van der Waals surface area contributed by atoms with Gasteiger partial charge in [0.15, 0.2) is 6.61 Å². The highest BCUT2D eigenvalue weighted by atomic mass is 16.7. The molecule has 6 heteroatoms. The molecule has 1 amide bonds. The summed E-state index contributed by atoms with van der Waals surface area (Å²) in [6.07, 6.45) is 1.80. The maximum atomic E-state index is 12.0. The zero-order valence-corrected chi connectivity index (χ0v) is 13.6. The zero-order valence-electron chi connectivity index (χ0n) is 13.6. The van der Waals surface area contributed by atoms with E-state index in [1.165, 1.54) is 10.4 Å². The van der Waals surface area contributed by atoms with Gasteiger partial charge in [-0.15, -0.1) is 5.10 Å². The van der Waals surface area contributed by atoms with Gasteiger partial charge in [0.2, 0.25) is 0 Å². The fraction of sp³-hybridized carbons (Fsp3) is 0.278. The summed E-state index contributed by atoms with van der Waals surface area (Å²) in [6.45, 7) is 1.90. The van der Waals surface area contributed by atoms with Gasteiger partial charge in [-0.25, -0.2) is 0 Å². The Morgan fingerprint density at radius 2 is 1.92 bits per heavy atom. The number of fused-ring (bicyclic) bond motifs is 1. The SMILES string of the molecule is C[C@@H](CCc1ccccc1)NC(=O)COn1nnc2ccccc21. The van der Waals surface area contributed by atoms with E-state index in [1.54, 1.807) is 0 Å². The summed E-state index contributed by atoms with van der Waals surface area (Å²) < 4.78 is 0. The predicted octanol–water partition coefficient (Wildman–Crippen LogP) is 2.00. The molecule has 1 aromatic heterocycles. The average molecular weight is 324 g/mol. The molecule has 1 heterocycles. The lowest BCUT2D eigenvalue weighted by Crippen LogP contribution is -2.38. The molecule has 0 aliphatic heterocycles. The van der Waals surface area contributed by atoms with Crippen LogP contribution in [0, 0.1) is 0 Å². The lowest BCUT2D eigenvalue weighted by Gasteiger charge is -2.14. The minimum atomic E-state index is -0.171. The van der Waals surface area contributed by atoms with E-state index < -0.39 is 0 Å². The summed E-state index contributed by atoms with van der Waals surface area (Å²) in [5.74, 6) is -0.171. The van der Waals surface area contributed by atoms with Gasteiger partial charge < -0.3 is 10.2 Å². The Labute approximate surface area is 140 Å². The van der Waals surface area contributed by atoms with Gasteiger partial charge in [0.25, 0.3) is 5.91 Å². The maximum Gasteiger partial charge on any atom is 0.260 e. The fourth-order valence-corrected chi connectivity index (χ4v) is 2.48. The van der Waals surface area contributed by atoms with Crippen LogP contribution < -0.4 is 10.2 Å². The van der Waals surface area contributed by atoms with E-state index in [0.717, 1.165) is 23.9 Å². The number of amides is 1. The van der Waals surface area contributed by atoms with Crippen molar-refractivity contribution >= 4 is 16.9 Å². The summed E-state index contributed by atoms with van der Waals surface area (Å²) in [6, 6.07) is 17.7. The Hall–Kier alpha value is -2.89. The van der Waals surface area contributed by atoms with Gasteiger partial charge in [-0.3, -0.25) is 4.79 Å². The van der Waals surface area contributed by atoms with Crippen LogP contribution in [-0.4, -0.2) is 33.7 Å². The number of carbonyl (C=O) groups excluding carboxylic acids is 1. The van der Waals surface area contributed by atoms with Crippen molar-refractivity contribution in [2.24, 2.45) is 0 Å². The van der Waals surface area contributed by atoms with E-state index in [0.29, 0.717) is 0 Å². The zero-order chi connectivity index (χ0) is 16.8. The van der Waals surface area contributed by atoms with Gasteiger partial charge in [-0.2, -0.15) is 0 Å². The van der Waals surface area contributed by atoms with Crippen LogP contribution in [0.1, 0.15) is 18.9 Å². The van der Waals surface area contributed by atoms with Gasteiger partial charge in [0.05, 0.1) is 0 Å². The number of rotatable bonds is 7. The number of aryl methyl sites for hydroxylation is 1. The molecule has 0 saturated heterocycles. The van der Waals surface area contributed by atoms with Crippen molar-refractivity contribution in [3.63, 3.8) is 0 Å². The fourth-order valence-electron chi connectivity index (χ4n) is 2.48. The van der Waals surface area contributed by atoms with Gasteiger partial charge in [0.1, 0.15) is 11.0 Å². The quantitative estimate of drug-likeness (QED) is 0.722. The first kappa shape index (κ1) is 16.0. The number of nitrogens with one attached hydrogen (secondary N) is 1. The number of aromatic nitrogens is 3. The molecule has 0 radical (unpaired) electrons. The van der Waals surface area contributed by atoms with Crippen LogP contribution in [0.2, 0.25) is 0 Å². The first-order valence-electron chi connectivity index (χ1n) is 7.99. The first-order chi connectivity index (χ1) is 11.7. The Balaban J connectivity index is 1.45. The molecule has 0 aliphatic carbocycles. The molecular formula is C18H20N4O2. The normalized spacial score (nSPS) is 12.0. The molecule has 0 bridgehead atoms. The lowest BCUT2D eigenvalue weighted by atomic mass is 10.1. The van der Waals surface area contributed by atoms with Crippen LogP contribution in [0.5, 0.6) is 0 Å². The second-order valence-corrected chi connectivity index (χ2v) is 5.72. The Morgan fingerprint density at radius 1 is 1.17 bits per heavy atom. The second-order valence-electron chi connectivity index (χ2n) is 5.72. The van der Waals surface area contributed by atoms with Gasteiger partial charge in [0, 0.05) is 6.04 Å². The largest absolute Gasteiger partial charge is 0.385 e. The van der Waals surface area contributed by atoms with E-state index in [1.807, 2.05) is 49.4 Å². The number of benzene rings is 2. The Morgan fingerprint density at radius 3 is 2.75 bits per heavy atom. The van der Waals surface area contributed by atoms with E-state index in [4.69, 9.17) is 4.84 Å². The summed E-state index contributed by atoms with van der Waals surface area (Å²) in [7, 11) is 0. The molecule has 3 aromatic rings. The standard InChI is InChI=1S/C18H20N4O2/c1-14(11-12-15-7-3-2-4-8-15)19-18(23)13-24-22-17-10-6-5-9-16(17)20-21-22/h2-10,14H,11-13H2,1H3,(H,19,23)/t14-/m0/s1. The van der Waals surface area contributed by atoms with E-state index in [2.05, 4.69) is 27.8 Å². The number of carbonyl (C=O) groups is 1. The molecule has 124 valence electrons. The smallest absolute Gasteiger partial charge is 0.260 e. The summed E-state index contributed by atoms with van der Waals surface area (Å²) in [5.41, 5.74) is 2.74. The third-order valence-corrected chi connectivity index (χ3v) is 3.76. The van der Waals surface area contributed by atoms with Crippen LogP contribution in [0.4, 0.5) is 0 Å². The summed E-state index contributed by atoms with van der Waals surface area (Å²) in [5, 5.41) is 10.8. The van der Waals surface area contributed by atoms with Crippen molar-refractivity contribution < 1.29 is 9.63 Å². The molecule has 6 nitrogen and oxygen atoms in total. The highest BCUT2D eigenvalue weighted by molar-refractivity contribution is 5.78. The maximum absolute atomic E-state index is 12.0. The van der Waals surface area contributed by atoms with E-state index in [9.17, 15) is 4.79 Å². The van der Waals surface area contributed by atoms with Crippen molar-refractivity contribution in [1.82, 2.24) is 20.5 Å².